The van der Waals surface area contributed by atoms with Crippen LogP contribution in [0.2, 0.25) is 0 Å². The molecule has 3 nitrogen and oxygen atoms in total. The van der Waals surface area contributed by atoms with E-state index < -0.39 is 5.91 Å². The summed E-state index contributed by atoms with van der Waals surface area (Å²) in [4.78, 5) is 21.4. The van der Waals surface area contributed by atoms with Gasteiger partial charge in [-0.1, -0.05) is 67.7 Å². The Kier molecular flexibility index (Phi) is 19.6. The Balaban J connectivity index is -0.000000277. The quantitative estimate of drug-likeness (QED) is 0.745. The molecule has 0 heterocycles. The molecule has 0 fully saturated rings. The van der Waals surface area contributed by atoms with Gasteiger partial charge in [0.05, 0.1) is 0 Å². The summed E-state index contributed by atoms with van der Waals surface area (Å²) < 4.78 is 0. The summed E-state index contributed by atoms with van der Waals surface area (Å²) in [5.74, 6) is 0.616. The maximum absolute atomic E-state index is 10.9. The number of Topliss-reactive ketones (excluding diaryl/α,β-unsaturated/α-hetero) is 1. The number of primary amides is 1. The molecule has 0 aliphatic heterocycles. The molecule has 0 aromatic rings. The van der Waals surface area contributed by atoms with Gasteiger partial charge in [0.15, 0.2) is 0 Å². The van der Waals surface area contributed by atoms with Crippen molar-refractivity contribution in [3.8, 4) is 0 Å². The molecule has 122 valence electrons. The van der Waals surface area contributed by atoms with Crippen LogP contribution in [0.4, 0.5) is 0 Å². The lowest BCUT2D eigenvalue weighted by molar-refractivity contribution is -0.127. The van der Waals surface area contributed by atoms with Crippen molar-refractivity contribution in [2.24, 2.45) is 23.5 Å². The van der Waals surface area contributed by atoms with Gasteiger partial charge in [-0.05, 0) is 18.8 Å². The van der Waals surface area contributed by atoms with E-state index in [1.165, 1.54) is 26.2 Å². The fraction of sp³-hybridized carbons (Fsp3) is 0.882. The van der Waals surface area contributed by atoms with Gasteiger partial charge in [-0.3, -0.25) is 9.59 Å². The summed E-state index contributed by atoms with van der Waals surface area (Å²) in [6.45, 7) is 16.1. The first-order valence-corrected chi connectivity index (χ1v) is 8.08. The average molecular weight is 287 g/mol. The molecule has 0 saturated heterocycles. The van der Waals surface area contributed by atoms with Crippen molar-refractivity contribution in [3.05, 3.63) is 0 Å². The van der Waals surface area contributed by atoms with Gasteiger partial charge < -0.3 is 5.73 Å². The van der Waals surface area contributed by atoms with E-state index in [0.717, 1.165) is 5.92 Å². The second kappa shape index (κ2) is 16.2. The molecule has 0 rings (SSSR count). The van der Waals surface area contributed by atoms with E-state index in [2.05, 4.69) is 20.8 Å². The normalized spacial score (nSPS) is 11.1. The van der Waals surface area contributed by atoms with Crippen molar-refractivity contribution in [2.45, 2.75) is 81.1 Å². The Labute approximate surface area is 126 Å². The number of rotatable bonds is 7. The zero-order valence-electron chi connectivity index (χ0n) is 15.0. The van der Waals surface area contributed by atoms with E-state index >= 15 is 0 Å². The standard InChI is InChI=1S/C8H15NO2.C7H16.C2H6/c1-5(2)7(6(3)10)4-8(9)11;1-4-7(5-2)6-3;1-2/h5,7H,4H2,1-3H3,(H2,9,11);7H,4-6H2,1-3H3;1-2H3. The average Bonchev–Trinajstić information content (AvgIpc) is 2.40. The summed E-state index contributed by atoms with van der Waals surface area (Å²) >= 11 is 0. The van der Waals surface area contributed by atoms with Gasteiger partial charge in [0.1, 0.15) is 5.78 Å². The van der Waals surface area contributed by atoms with E-state index in [0.29, 0.717) is 0 Å². The van der Waals surface area contributed by atoms with E-state index in [1.807, 2.05) is 27.7 Å². The van der Waals surface area contributed by atoms with Gasteiger partial charge in [-0.2, -0.15) is 0 Å². The monoisotopic (exact) mass is 287 g/mol. The Morgan fingerprint density at radius 3 is 1.35 bits per heavy atom. The van der Waals surface area contributed by atoms with Crippen LogP contribution in [0.5, 0.6) is 0 Å². The minimum atomic E-state index is -0.404. The Hall–Kier alpha value is -0.860. The smallest absolute Gasteiger partial charge is 0.218 e. The van der Waals surface area contributed by atoms with Crippen molar-refractivity contribution >= 4 is 11.7 Å². The van der Waals surface area contributed by atoms with E-state index in [4.69, 9.17) is 5.73 Å². The summed E-state index contributed by atoms with van der Waals surface area (Å²) in [5, 5.41) is 0. The van der Waals surface area contributed by atoms with E-state index in [1.54, 1.807) is 0 Å². The lowest BCUT2D eigenvalue weighted by Gasteiger charge is -2.14. The van der Waals surface area contributed by atoms with Crippen LogP contribution in [-0.2, 0) is 9.59 Å². The van der Waals surface area contributed by atoms with Crippen molar-refractivity contribution in [1.82, 2.24) is 0 Å². The lowest BCUT2D eigenvalue weighted by Crippen LogP contribution is -2.24. The van der Waals surface area contributed by atoms with Crippen molar-refractivity contribution in [1.29, 1.82) is 0 Å². The molecule has 20 heavy (non-hydrogen) atoms. The predicted molar refractivity (Wildman–Crippen MR) is 88.5 cm³/mol. The van der Waals surface area contributed by atoms with Crippen LogP contribution in [0, 0.1) is 17.8 Å². The molecule has 0 bridgehead atoms. The van der Waals surface area contributed by atoms with Crippen molar-refractivity contribution < 1.29 is 9.59 Å². The number of ketones is 1. The zero-order chi connectivity index (χ0) is 16.7. The third kappa shape index (κ3) is 15.2. The third-order valence-corrected chi connectivity index (χ3v) is 3.48. The number of nitrogens with two attached hydrogens (primary N) is 1. The summed E-state index contributed by atoms with van der Waals surface area (Å²) in [7, 11) is 0. The van der Waals surface area contributed by atoms with Gasteiger partial charge >= 0.3 is 0 Å². The highest BCUT2D eigenvalue weighted by Gasteiger charge is 2.20. The molecule has 0 aromatic heterocycles. The molecule has 0 saturated carbocycles. The van der Waals surface area contributed by atoms with E-state index in [-0.39, 0.29) is 24.0 Å². The maximum Gasteiger partial charge on any atom is 0.218 e. The topological polar surface area (TPSA) is 60.2 Å². The van der Waals surface area contributed by atoms with Crippen LogP contribution in [0.25, 0.3) is 0 Å². The second-order valence-electron chi connectivity index (χ2n) is 5.22. The Morgan fingerprint density at radius 2 is 1.30 bits per heavy atom. The highest BCUT2D eigenvalue weighted by atomic mass is 16.1. The molecule has 0 aromatic carbocycles. The van der Waals surface area contributed by atoms with Crippen molar-refractivity contribution in [3.63, 3.8) is 0 Å². The van der Waals surface area contributed by atoms with Gasteiger partial charge in [0.2, 0.25) is 5.91 Å². The van der Waals surface area contributed by atoms with E-state index in [9.17, 15) is 9.59 Å². The molecule has 2 N–H and O–H groups in total. The lowest BCUT2D eigenvalue weighted by atomic mass is 9.89. The molecule has 0 aliphatic rings. The number of carbonyl (C=O) groups excluding carboxylic acids is 2. The highest BCUT2D eigenvalue weighted by molar-refractivity contribution is 5.85. The molecular weight excluding hydrogens is 250 g/mol. The zero-order valence-corrected chi connectivity index (χ0v) is 15.0. The van der Waals surface area contributed by atoms with Crippen LogP contribution in [0.1, 0.15) is 81.1 Å². The number of amides is 1. The fourth-order valence-electron chi connectivity index (χ4n) is 1.93. The molecule has 1 atom stereocenters. The number of hydrogen-bond acceptors (Lipinski definition) is 2. The Bertz CT molecular complexity index is 228. The molecule has 3 heteroatoms. The Morgan fingerprint density at radius 1 is 0.950 bits per heavy atom. The van der Waals surface area contributed by atoms with Gasteiger partial charge in [-0.25, -0.2) is 0 Å². The number of hydrogen-bond donors (Lipinski definition) is 1. The second-order valence-corrected chi connectivity index (χ2v) is 5.22. The first-order chi connectivity index (χ1) is 9.29. The van der Waals surface area contributed by atoms with Crippen LogP contribution in [0.15, 0.2) is 0 Å². The number of carbonyl (C=O) groups is 2. The summed E-state index contributed by atoms with van der Waals surface area (Å²) in [6.07, 6.45) is 4.24. The molecule has 0 aliphatic carbocycles. The minimum absolute atomic E-state index is 0.0406. The van der Waals surface area contributed by atoms with Crippen LogP contribution in [0.3, 0.4) is 0 Å². The largest absolute Gasteiger partial charge is 0.370 e. The van der Waals surface area contributed by atoms with Crippen LogP contribution < -0.4 is 5.73 Å². The van der Waals surface area contributed by atoms with Crippen molar-refractivity contribution in [2.75, 3.05) is 0 Å². The van der Waals surface area contributed by atoms with Gasteiger partial charge in [0, 0.05) is 12.3 Å². The highest BCUT2D eigenvalue weighted by Crippen LogP contribution is 2.15. The van der Waals surface area contributed by atoms with Crippen LogP contribution in [-0.4, -0.2) is 11.7 Å². The third-order valence-electron chi connectivity index (χ3n) is 3.48. The van der Waals surface area contributed by atoms with Crippen LogP contribution >= 0.6 is 0 Å². The molecule has 0 spiro atoms. The SMILES string of the molecule is CC.CC(=O)C(CC(N)=O)C(C)C.CCC(CC)CC. The maximum atomic E-state index is 10.9. The molecule has 0 radical (unpaired) electrons. The first-order valence-electron chi connectivity index (χ1n) is 8.08. The molecule has 1 unspecified atom stereocenters. The van der Waals surface area contributed by atoms with Gasteiger partial charge in [-0.15, -0.1) is 0 Å². The minimum Gasteiger partial charge on any atom is -0.370 e. The summed E-state index contributed by atoms with van der Waals surface area (Å²) in [5.41, 5.74) is 4.98. The fourth-order valence-corrected chi connectivity index (χ4v) is 1.93. The summed E-state index contributed by atoms with van der Waals surface area (Å²) in [6, 6.07) is 0. The first kappa shape index (κ1) is 24.2. The molecular formula is C17H37NO2. The molecule has 1 amide bonds. The van der Waals surface area contributed by atoms with Gasteiger partial charge in [0.25, 0.3) is 0 Å². The predicted octanol–water partition coefficient (Wildman–Crippen LogP) is 4.58.